The Morgan fingerprint density at radius 1 is 0.903 bits per heavy atom. The van der Waals surface area contributed by atoms with Crippen LogP contribution >= 0.6 is 0 Å². The van der Waals surface area contributed by atoms with E-state index in [2.05, 4.69) is 17.2 Å². The molecule has 2 aromatic carbocycles. The number of urea groups is 1. The lowest BCUT2D eigenvalue weighted by molar-refractivity contribution is -0.143. The highest BCUT2D eigenvalue weighted by Gasteiger charge is 2.38. The number of carbonyl (C=O) groups is 1. The number of rotatable bonds is 6. The van der Waals surface area contributed by atoms with Gasteiger partial charge in [-0.05, 0) is 42.5 Å². The minimum Gasteiger partial charge on any atom is -0.334 e. The molecular formula is C18H15F6N3O3S. The van der Waals surface area contributed by atoms with Gasteiger partial charge in [0, 0.05) is 17.9 Å². The molecule has 168 valence electrons. The fraction of sp³-hybridized carbons (Fsp3) is 0.167. The summed E-state index contributed by atoms with van der Waals surface area (Å²) in [7, 11) is -4.79. The van der Waals surface area contributed by atoms with Crippen molar-refractivity contribution in [2.75, 3.05) is 16.6 Å². The summed E-state index contributed by atoms with van der Waals surface area (Å²) in [6.45, 7) is 3.61. The summed E-state index contributed by atoms with van der Waals surface area (Å²) in [5.41, 5.74) is -3.41. The van der Waals surface area contributed by atoms with Crippen LogP contribution in [0, 0.1) is 0 Å². The Morgan fingerprint density at radius 2 is 1.39 bits per heavy atom. The molecule has 0 bridgehead atoms. The average Bonchev–Trinajstić information content (AvgIpc) is 2.66. The molecule has 0 aliphatic carbocycles. The van der Waals surface area contributed by atoms with E-state index in [9.17, 15) is 39.6 Å². The molecular weight excluding hydrogens is 452 g/mol. The van der Waals surface area contributed by atoms with Crippen LogP contribution in [0.3, 0.4) is 0 Å². The largest absolute Gasteiger partial charge is 0.416 e. The van der Waals surface area contributed by atoms with Crippen LogP contribution in [0.5, 0.6) is 0 Å². The Bertz CT molecular complexity index is 1030. The van der Waals surface area contributed by atoms with Crippen molar-refractivity contribution in [3.05, 3.63) is 66.2 Å². The number of alkyl halides is 6. The first-order valence-electron chi connectivity index (χ1n) is 8.30. The molecule has 0 spiro atoms. The van der Waals surface area contributed by atoms with Crippen LogP contribution in [-0.2, 0) is 22.4 Å². The molecule has 0 saturated carbocycles. The molecule has 2 aromatic rings. The van der Waals surface area contributed by atoms with Gasteiger partial charge in [0.25, 0.3) is 10.0 Å². The highest BCUT2D eigenvalue weighted by Crippen LogP contribution is 2.37. The van der Waals surface area contributed by atoms with E-state index in [1.54, 1.807) is 0 Å². The first kappa shape index (κ1) is 24.1. The number of amides is 2. The third-order valence-corrected chi connectivity index (χ3v) is 5.03. The minimum absolute atomic E-state index is 0.109. The van der Waals surface area contributed by atoms with Crippen molar-refractivity contribution in [2.45, 2.75) is 17.2 Å². The Kier molecular flexibility index (Phi) is 6.89. The van der Waals surface area contributed by atoms with Gasteiger partial charge in [-0.25, -0.2) is 13.2 Å². The van der Waals surface area contributed by atoms with Gasteiger partial charge in [0.05, 0.1) is 16.0 Å². The van der Waals surface area contributed by atoms with Gasteiger partial charge in [0.15, 0.2) is 0 Å². The number of nitrogens with one attached hydrogen (secondary N) is 3. The number of benzene rings is 2. The van der Waals surface area contributed by atoms with Gasteiger partial charge >= 0.3 is 18.4 Å². The number of hydrogen-bond acceptors (Lipinski definition) is 3. The fourth-order valence-electron chi connectivity index (χ4n) is 2.26. The molecule has 3 N–H and O–H groups in total. The van der Waals surface area contributed by atoms with Crippen molar-refractivity contribution in [3.63, 3.8) is 0 Å². The number of anilines is 2. The van der Waals surface area contributed by atoms with E-state index in [0.29, 0.717) is 0 Å². The average molecular weight is 467 g/mol. The van der Waals surface area contributed by atoms with Crippen LogP contribution in [0.25, 0.3) is 0 Å². The van der Waals surface area contributed by atoms with Gasteiger partial charge in [-0.15, -0.1) is 6.58 Å². The predicted molar refractivity (Wildman–Crippen MR) is 101 cm³/mol. The lowest BCUT2D eigenvalue weighted by Crippen LogP contribution is -2.28. The van der Waals surface area contributed by atoms with Crippen molar-refractivity contribution in [2.24, 2.45) is 0 Å². The molecule has 0 saturated heterocycles. The molecule has 0 aliphatic rings. The van der Waals surface area contributed by atoms with E-state index < -0.39 is 44.4 Å². The van der Waals surface area contributed by atoms with E-state index in [-0.39, 0.29) is 36.1 Å². The summed E-state index contributed by atoms with van der Waals surface area (Å²) in [5, 5.41) is 4.85. The molecule has 6 nitrogen and oxygen atoms in total. The zero-order valence-electron chi connectivity index (χ0n) is 15.4. The van der Waals surface area contributed by atoms with E-state index >= 15 is 0 Å². The quantitative estimate of drug-likeness (QED) is 0.420. The topological polar surface area (TPSA) is 87.3 Å². The molecule has 0 radical (unpaired) electrons. The Hall–Kier alpha value is -3.22. The normalized spacial score (nSPS) is 12.2. The maximum Gasteiger partial charge on any atom is 0.416 e. The van der Waals surface area contributed by atoms with Crippen LogP contribution < -0.4 is 15.4 Å². The second-order valence-corrected chi connectivity index (χ2v) is 7.73. The third kappa shape index (κ3) is 6.64. The lowest BCUT2D eigenvalue weighted by atomic mass is 10.1. The molecule has 0 aliphatic heterocycles. The highest BCUT2D eigenvalue weighted by molar-refractivity contribution is 7.92. The number of halogens is 6. The Labute approximate surface area is 173 Å². The predicted octanol–water partition coefficient (Wildman–Crippen LogP) is 4.83. The maximum atomic E-state index is 12.9. The van der Waals surface area contributed by atoms with Crippen molar-refractivity contribution in [3.8, 4) is 0 Å². The van der Waals surface area contributed by atoms with Gasteiger partial charge in [0.1, 0.15) is 0 Å². The molecule has 0 fully saturated rings. The first-order chi connectivity index (χ1) is 14.2. The van der Waals surface area contributed by atoms with Gasteiger partial charge in [-0.1, -0.05) is 6.08 Å². The first-order valence-corrected chi connectivity index (χ1v) is 9.79. The molecule has 0 atom stereocenters. The van der Waals surface area contributed by atoms with Crippen LogP contribution in [0.2, 0.25) is 0 Å². The van der Waals surface area contributed by atoms with Crippen LogP contribution in [0.4, 0.5) is 42.5 Å². The lowest BCUT2D eigenvalue weighted by Gasteiger charge is -2.15. The van der Waals surface area contributed by atoms with Gasteiger partial charge < -0.3 is 10.6 Å². The SMILES string of the molecule is C=CCNC(=O)Nc1ccc(NS(=O)(=O)c2cc(C(F)(F)F)cc(C(F)(F)F)c2)cc1. The van der Waals surface area contributed by atoms with Gasteiger partial charge in [-0.3, -0.25) is 4.72 Å². The summed E-state index contributed by atoms with van der Waals surface area (Å²) in [6.07, 6.45) is -8.94. The highest BCUT2D eigenvalue weighted by atomic mass is 32.2. The van der Waals surface area contributed by atoms with E-state index in [1.807, 2.05) is 4.72 Å². The second kappa shape index (κ2) is 8.88. The molecule has 31 heavy (non-hydrogen) atoms. The van der Waals surface area contributed by atoms with Crippen molar-refractivity contribution in [1.82, 2.24) is 5.32 Å². The van der Waals surface area contributed by atoms with Gasteiger partial charge in [0.2, 0.25) is 0 Å². The van der Waals surface area contributed by atoms with Crippen molar-refractivity contribution < 1.29 is 39.6 Å². The number of carbonyl (C=O) groups excluding carboxylic acids is 1. The molecule has 13 heteroatoms. The molecule has 2 rings (SSSR count). The number of hydrogen-bond donors (Lipinski definition) is 3. The van der Waals surface area contributed by atoms with Crippen LogP contribution in [0.15, 0.2) is 60.0 Å². The van der Waals surface area contributed by atoms with Crippen LogP contribution in [-0.4, -0.2) is 21.0 Å². The second-order valence-electron chi connectivity index (χ2n) is 6.05. The maximum absolute atomic E-state index is 12.9. The van der Waals surface area contributed by atoms with E-state index in [1.165, 1.54) is 30.3 Å². The third-order valence-electron chi connectivity index (χ3n) is 3.67. The monoisotopic (exact) mass is 467 g/mol. The fourth-order valence-corrected chi connectivity index (χ4v) is 3.39. The van der Waals surface area contributed by atoms with Crippen LogP contribution in [0.1, 0.15) is 11.1 Å². The summed E-state index contributed by atoms with van der Waals surface area (Å²) < 4.78 is 104. The smallest absolute Gasteiger partial charge is 0.334 e. The zero-order valence-corrected chi connectivity index (χ0v) is 16.3. The minimum atomic E-state index is -5.19. The van der Waals surface area contributed by atoms with Gasteiger partial charge in [-0.2, -0.15) is 26.3 Å². The summed E-state index contributed by atoms with van der Waals surface area (Å²) in [6, 6.07) is 4.36. The zero-order chi connectivity index (χ0) is 23.4. The standard InChI is InChI=1S/C18H15F6N3O3S/c1-2-7-25-16(28)26-13-3-5-14(6-4-13)27-31(29,30)15-9-11(17(19,20)21)8-12(10-15)18(22,23)24/h2-6,8-10,27H,1,7H2,(H2,25,26,28). The molecule has 0 unspecified atom stereocenters. The van der Waals surface area contributed by atoms with E-state index in [0.717, 1.165) is 0 Å². The molecule has 2 amide bonds. The van der Waals surface area contributed by atoms with E-state index in [4.69, 9.17) is 0 Å². The van der Waals surface area contributed by atoms with Crippen molar-refractivity contribution in [1.29, 1.82) is 0 Å². The molecule has 0 heterocycles. The Balaban J connectivity index is 2.30. The number of sulfonamides is 1. The summed E-state index contributed by atoms with van der Waals surface area (Å²) >= 11 is 0. The Morgan fingerprint density at radius 3 is 1.84 bits per heavy atom. The van der Waals surface area contributed by atoms with Crippen molar-refractivity contribution >= 4 is 27.4 Å². The summed E-state index contributed by atoms with van der Waals surface area (Å²) in [4.78, 5) is 10.3. The summed E-state index contributed by atoms with van der Waals surface area (Å²) in [5.74, 6) is 0. The molecule has 0 aromatic heterocycles.